The smallest absolute Gasteiger partial charge is 0.247 e. The number of amides is 3. The van der Waals surface area contributed by atoms with Crippen molar-refractivity contribution in [1.82, 2.24) is 4.90 Å². The Morgan fingerprint density at radius 3 is 2.42 bits per heavy atom. The van der Waals surface area contributed by atoms with Crippen LogP contribution in [0.3, 0.4) is 0 Å². The lowest BCUT2D eigenvalue weighted by atomic mass is 9.81. The molecule has 1 heterocycles. The summed E-state index contributed by atoms with van der Waals surface area (Å²) in [6, 6.07) is 6.58. The Balaban J connectivity index is 1.83. The number of anilines is 1. The maximum atomic E-state index is 13.0. The first kappa shape index (κ1) is 19.4. The first-order chi connectivity index (χ1) is 12.5. The van der Waals surface area contributed by atoms with Crippen molar-refractivity contribution in [3.63, 3.8) is 0 Å². The van der Waals surface area contributed by atoms with E-state index >= 15 is 0 Å². The third-order valence-corrected chi connectivity index (χ3v) is 6.55. The van der Waals surface area contributed by atoms with Gasteiger partial charge in [-0.05, 0) is 59.3 Å². The molecule has 3 rings (SSSR count). The van der Waals surface area contributed by atoms with Crippen molar-refractivity contribution in [3.8, 4) is 0 Å². The molecule has 1 aliphatic heterocycles. The number of para-hydroxylation sites is 1. The Labute approximate surface area is 166 Å². The molecule has 0 bridgehead atoms. The van der Waals surface area contributed by atoms with Crippen LogP contribution in [0.15, 0.2) is 28.7 Å². The van der Waals surface area contributed by atoms with Gasteiger partial charge in [-0.15, -0.1) is 0 Å². The minimum atomic E-state index is -0.750. The average molecular weight is 439 g/mol. The molecule has 1 aromatic rings. The van der Waals surface area contributed by atoms with Gasteiger partial charge in [-0.1, -0.05) is 25.0 Å². The van der Waals surface area contributed by atoms with Crippen LogP contribution >= 0.6 is 27.7 Å². The second kappa shape index (κ2) is 8.57. The van der Waals surface area contributed by atoms with E-state index in [0.717, 1.165) is 30.2 Å². The van der Waals surface area contributed by atoms with E-state index in [0.29, 0.717) is 17.9 Å². The molecule has 2 aliphatic rings. The van der Waals surface area contributed by atoms with Crippen LogP contribution in [-0.4, -0.2) is 40.7 Å². The third-order valence-electron chi connectivity index (χ3n) is 5.22. The van der Waals surface area contributed by atoms with Gasteiger partial charge in [0.25, 0.3) is 0 Å². The van der Waals surface area contributed by atoms with Crippen LogP contribution in [0.4, 0.5) is 5.69 Å². The van der Waals surface area contributed by atoms with Crippen molar-refractivity contribution in [1.29, 1.82) is 0 Å². The molecule has 0 spiro atoms. The van der Waals surface area contributed by atoms with E-state index in [2.05, 4.69) is 21.2 Å². The largest absolute Gasteiger partial charge is 0.323 e. The lowest BCUT2D eigenvalue weighted by molar-refractivity contribution is -0.146. The van der Waals surface area contributed by atoms with Crippen molar-refractivity contribution in [2.75, 3.05) is 17.3 Å². The second-order valence-corrected chi connectivity index (χ2v) is 8.65. The van der Waals surface area contributed by atoms with Gasteiger partial charge in [0.2, 0.25) is 17.7 Å². The van der Waals surface area contributed by atoms with Crippen molar-refractivity contribution in [2.24, 2.45) is 11.8 Å². The van der Waals surface area contributed by atoms with Crippen LogP contribution < -0.4 is 5.32 Å². The normalized spacial score (nSPS) is 23.7. The molecule has 0 radical (unpaired) electrons. The molecule has 1 aliphatic carbocycles. The zero-order valence-corrected chi connectivity index (χ0v) is 17.1. The monoisotopic (exact) mass is 438 g/mol. The number of rotatable bonds is 6. The van der Waals surface area contributed by atoms with Gasteiger partial charge in [-0.3, -0.25) is 19.3 Å². The third kappa shape index (κ3) is 3.83. The molecule has 140 valence electrons. The van der Waals surface area contributed by atoms with E-state index in [1.165, 1.54) is 4.90 Å². The number of nitrogens with one attached hydrogen (secondary N) is 1. The minimum Gasteiger partial charge on any atom is -0.323 e. The van der Waals surface area contributed by atoms with Crippen molar-refractivity contribution < 1.29 is 14.4 Å². The average Bonchev–Trinajstić information content (AvgIpc) is 2.89. The number of carbonyl (C=O) groups excluding carboxylic acids is 3. The maximum absolute atomic E-state index is 13.0. The molecule has 3 atom stereocenters. The number of imide groups is 1. The quantitative estimate of drug-likeness (QED) is 0.687. The molecule has 7 heteroatoms. The number of thioether (sulfide) groups is 1. The van der Waals surface area contributed by atoms with Gasteiger partial charge in [0.05, 0.1) is 17.5 Å². The molecule has 1 N–H and O–H groups in total. The van der Waals surface area contributed by atoms with Gasteiger partial charge >= 0.3 is 0 Å². The van der Waals surface area contributed by atoms with Gasteiger partial charge in [0.1, 0.15) is 6.04 Å². The minimum absolute atomic E-state index is 0.159. The number of nitrogens with zero attached hydrogens (tertiary/aromatic N) is 1. The number of carbonyl (C=O) groups is 3. The van der Waals surface area contributed by atoms with Crippen molar-refractivity contribution in [2.45, 2.75) is 38.1 Å². The van der Waals surface area contributed by atoms with Crippen LogP contribution in [0.1, 0.15) is 32.1 Å². The molecule has 1 saturated heterocycles. The summed E-state index contributed by atoms with van der Waals surface area (Å²) in [5.74, 6) is -0.374. The molecule has 1 aromatic carbocycles. The van der Waals surface area contributed by atoms with Crippen molar-refractivity contribution >= 4 is 51.1 Å². The van der Waals surface area contributed by atoms with Crippen molar-refractivity contribution in [3.05, 3.63) is 28.7 Å². The number of hydrogen-bond donors (Lipinski definition) is 1. The Kier molecular flexibility index (Phi) is 6.40. The van der Waals surface area contributed by atoms with Gasteiger partial charge in [-0.2, -0.15) is 11.8 Å². The molecule has 3 unspecified atom stereocenters. The SMILES string of the molecule is CSCCC(C(=O)Nc1ccccc1Br)N1C(=O)C2CCCCC2C1=O. The predicted molar refractivity (Wildman–Crippen MR) is 107 cm³/mol. The fourth-order valence-electron chi connectivity index (χ4n) is 3.88. The van der Waals surface area contributed by atoms with Gasteiger partial charge in [0, 0.05) is 4.47 Å². The molecular formula is C19H23BrN2O3S. The van der Waals surface area contributed by atoms with E-state index in [9.17, 15) is 14.4 Å². The fraction of sp³-hybridized carbons (Fsp3) is 0.526. The van der Waals surface area contributed by atoms with Crippen LogP contribution in [0.5, 0.6) is 0 Å². The molecule has 2 fully saturated rings. The summed E-state index contributed by atoms with van der Waals surface area (Å²) in [5, 5.41) is 2.88. The number of likely N-dealkylation sites (tertiary alicyclic amines) is 1. The second-order valence-electron chi connectivity index (χ2n) is 6.81. The van der Waals surface area contributed by atoms with Gasteiger partial charge in [0.15, 0.2) is 0 Å². The zero-order valence-electron chi connectivity index (χ0n) is 14.7. The summed E-state index contributed by atoms with van der Waals surface area (Å²) in [5.41, 5.74) is 0.642. The van der Waals surface area contributed by atoms with E-state index in [4.69, 9.17) is 0 Å². The molecule has 0 aromatic heterocycles. The number of hydrogen-bond acceptors (Lipinski definition) is 4. The summed E-state index contributed by atoms with van der Waals surface area (Å²) in [6.07, 6.45) is 5.89. The molecule has 3 amide bonds. The van der Waals surface area contributed by atoms with Gasteiger partial charge < -0.3 is 5.32 Å². The molecule has 26 heavy (non-hydrogen) atoms. The van der Waals surface area contributed by atoms with Crippen LogP contribution in [-0.2, 0) is 14.4 Å². The highest BCUT2D eigenvalue weighted by molar-refractivity contribution is 9.10. The lowest BCUT2D eigenvalue weighted by Crippen LogP contribution is -2.48. The summed E-state index contributed by atoms with van der Waals surface area (Å²) < 4.78 is 0.768. The van der Waals surface area contributed by atoms with Crippen LogP contribution in [0.2, 0.25) is 0 Å². The summed E-state index contributed by atoms with van der Waals surface area (Å²) in [4.78, 5) is 40.0. The molecule has 1 saturated carbocycles. The standard InChI is InChI=1S/C19H23BrN2O3S/c1-26-11-10-16(17(23)21-15-9-5-4-8-14(15)20)22-18(24)12-6-2-3-7-13(12)19(22)25/h4-5,8-9,12-13,16H,2-3,6-7,10-11H2,1H3,(H,21,23). The summed E-state index contributed by atoms with van der Waals surface area (Å²) >= 11 is 5.02. The highest BCUT2D eigenvalue weighted by atomic mass is 79.9. The van der Waals surface area contributed by atoms with Crippen LogP contribution in [0.25, 0.3) is 0 Å². The fourth-order valence-corrected chi connectivity index (χ4v) is 4.72. The Hall–Kier alpha value is -1.34. The van der Waals surface area contributed by atoms with E-state index in [1.54, 1.807) is 17.8 Å². The van der Waals surface area contributed by atoms with E-state index in [1.807, 2.05) is 24.5 Å². The first-order valence-corrected chi connectivity index (χ1v) is 11.1. The Bertz CT molecular complexity index is 688. The number of fused-ring (bicyclic) bond motifs is 1. The maximum Gasteiger partial charge on any atom is 0.247 e. The highest BCUT2D eigenvalue weighted by Crippen LogP contribution is 2.39. The Morgan fingerprint density at radius 1 is 1.23 bits per heavy atom. The van der Waals surface area contributed by atoms with Crippen LogP contribution in [0, 0.1) is 11.8 Å². The lowest BCUT2D eigenvalue weighted by Gasteiger charge is -2.26. The van der Waals surface area contributed by atoms with Gasteiger partial charge in [-0.25, -0.2) is 0 Å². The zero-order chi connectivity index (χ0) is 18.7. The van der Waals surface area contributed by atoms with E-state index < -0.39 is 6.04 Å². The summed E-state index contributed by atoms with van der Waals surface area (Å²) in [6.45, 7) is 0. The summed E-state index contributed by atoms with van der Waals surface area (Å²) in [7, 11) is 0. The predicted octanol–water partition coefficient (Wildman–Crippen LogP) is 3.68. The topological polar surface area (TPSA) is 66.5 Å². The Morgan fingerprint density at radius 2 is 1.85 bits per heavy atom. The number of halogens is 1. The molecule has 5 nitrogen and oxygen atoms in total. The highest BCUT2D eigenvalue weighted by Gasteiger charge is 2.51. The first-order valence-electron chi connectivity index (χ1n) is 8.96. The number of benzene rings is 1. The molecular weight excluding hydrogens is 416 g/mol. The van der Waals surface area contributed by atoms with E-state index in [-0.39, 0.29) is 29.6 Å².